The van der Waals surface area contributed by atoms with Crippen molar-refractivity contribution in [3.05, 3.63) is 156 Å². The molecule has 0 atom stereocenters. The number of hydrogen-bond acceptors (Lipinski definition) is 2. The van der Waals surface area contributed by atoms with Crippen molar-refractivity contribution in [2.75, 3.05) is 0 Å². The first-order valence-corrected chi connectivity index (χ1v) is 16.0. The summed E-state index contributed by atoms with van der Waals surface area (Å²) in [5.74, 6) is 0. The van der Waals surface area contributed by atoms with Crippen molar-refractivity contribution in [3.63, 3.8) is 0 Å². The smallest absolute Gasteiger partial charge is 0.206 e. The molecule has 6 aromatic carbocycles. The molecule has 0 saturated heterocycles. The van der Waals surface area contributed by atoms with Crippen LogP contribution < -0.4 is 0 Å². The molecule has 6 aromatic rings. The zero-order chi connectivity index (χ0) is 30.1. The molecule has 0 fully saturated rings. The predicted molar refractivity (Wildman–Crippen MR) is 179 cm³/mol. The van der Waals surface area contributed by atoms with E-state index in [1.165, 1.54) is 0 Å². The number of sulfone groups is 1. The second-order valence-corrected chi connectivity index (χ2v) is 13.4. The van der Waals surface area contributed by atoms with Gasteiger partial charge in [-0.25, -0.2) is 8.42 Å². The molecule has 43 heavy (non-hydrogen) atoms. The lowest BCUT2D eigenvalue weighted by Crippen LogP contribution is -2.04. The average Bonchev–Trinajstić information content (AvgIpc) is 3.00. The maximum absolute atomic E-state index is 14.6. The van der Waals surface area contributed by atoms with E-state index in [-0.39, 0.29) is 9.79 Å². The molecule has 0 aliphatic carbocycles. The van der Waals surface area contributed by atoms with Crippen LogP contribution in [0.4, 0.5) is 0 Å². The van der Waals surface area contributed by atoms with Gasteiger partial charge in [0, 0.05) is 0 Å². The maximum atomic E-state index is 14.6. The monoisotopic (exact) mass is 578 g/mol. The molecule has 0 N–H and O–H groups in total. The van der Waals surface area contributed by atoms with E-state index >= 15 is 0 Å². The van der Waals surface area contributed by atoms with Crippen molar-refractivity contribution in [3.8, 4) is 44.5 Å². The van der Waals surface area contributed by atoms with Crippen molar-refractivity contribution in [2.45, 2.75) is 37.5 Å². The normalized spacial score (nSPS) is 11.4. The zero-order valence-corrected chi connectivity index (χ0v) is 25.7. The van der Waals surface area contributed by atoms with Gasteiger partial charge in [0.2, 0.25) is 9.84 Å². The van der Waals surface area contributed by atoms with Gasteiger partial charge in [0.05, 0.1) is 9.79 Å². The second kappa shape index (κ2) is 11.5. The Kier molecular flexibility index (Phi) is 7.60. The van der Waals surface area contributed by atoms with Gasteiger partial charge >= 0.3 is 0 Å². The Labute approximate surface area is 255 Å². The van der Waals surface area contributed by atoms with E-state index in [0.717, 1.165) is 66.8 Å². The molecule has 212 valence electrons. The van der Waals surface area contributed by atoms with Gasteiger partial charge < -0.3 is 0 Å². The lowest BCUT2D eigenvalue weighted by Gasteiger charge is -2.15. The quantitative estimate of drug-likeness (QED) is 0.197. The van der Waals surface area contributed by atoms with E-state index < -0.39 is 9.84 Å². The molecule has 0 aliphatic heterocycles. The molecular weight excluding hydrogens is 545 g/mol. The average molecular weight is 579 g/mol. The lowest BCUT2D eigenvalue weighted by atomic mass is 9.97. The predicted octanol–water partition coefficient (Wildman–Crippen LogP) is 10.4. The van der Waals surface area contributed by atoms with Gasteiger partial charge in [-0.2, -0.15) is 0 Å². The van der Waals surface area contributed by atoms with Crippen LogP contribution in [-0.4, -0.2) is 8.42 Å². The standard InChI is InChI=1S/C40H34O2S/c1-27-9-5-13-31(17-27)35-21-36(32-14-6-10-28(2)18-32)24-39(23-35)43(41,42)40-25-37(33-15-7-11-29(3)19-33)22-38(26-40)34-16-8-12-30(4)20-34/h5-26H,1-4H3. The van der Waals surface area contributed by atoms with Crippen LogP contribution in [0, 0.1) is 27.7 Å². The molecule has 0 aliphatic rings. The van der Waals surface area contributed by atoms with E-state index in [0.29, 0.717) is 0 Å². The molecule has 0 amide bonds. The second-order valence-electron chi connectivity index (χ2n) is 11.5. The zero-order valence-electron chi connectivity index (χ0n) is 24.9. The fourth-order valence-electron chi connectivity index (χ4n) is 5.61. The fourth-order valence-corrected chi connectivity index (χ4v) is 7.01. The summed E-state index contributed by atoms with van der Waals surface area (Å²) in [6.45, 7) is 8.20. The fraction of sp³-hybridized carbons (Fsp3) is 0.100. The highest BCUT2D eigenvalue weighted by Gasteiger charge is 2.22. The molecule has 0 saturated carbocycles. The number of aryl methyl sites for hydroxylation is 4. The van der Waals surface area contributed by atoms with Gasteiger partial charge in [0.1, 0.15) is 0 Å². The van der Waals surface area contributed by atoms with E-state index in [4.69, 9.17) is 0 Å². The van der Waals surface area contributed by atoms with Crippen LogP contribution in [0.5, 0.6) is 0 Å². The largest absolute Gasteiger partial charge is 0.219 e. The Morgan fingerprint density at radius 1 is 0.326 bits per heavy atom. The first-order valence-electron chi connectivity index (χ1n) is 14.5. The summed E-state index contributed by atoms with van der Waals surface area (Å²) >= 11 is 0. The Morgan fingerprint density at radius 3 is 0.814 bits per heavy atom. The molecular formula is C40H34O2S. The van der Waals surface area contributed by atoms with E-state index in [2.05, 4.69) is 88.4 Å². The van der Waals surface area contributed by atoms with E-state index in [9.17, 15) is 8.42 Å². The van der Waals surface area contributed by atoms with Crippen molar-refractivity contribution < 1.29 is 8.42 Å². The van der Waals surface area contributed by atoms with E-state index in [1.54, 1.807) is 0 Å². The van der Waals surface area contributed by atoms with Gasteiger partial charge in [-0.1, -0.05) is 119 Å². The van der Waals surface area contributed by atoms with Crippen LogP contribution in [0.1, 0.15) is 22.3 Å². The highest BCUT2D eigenvalue weighted by atomic mass is 32.2. The molecule has 3 heteroatoms. The third kappa shape index (κ3) is 6.09. The molecule has 0 aromatic heterocycles. The summed E-state index contributed by atoms with van der Waals surface area (Å²) in [4.78, 5) is 0.555. The Bertz CT molecular complexity index is 1810. The summed E-state index contributed by atoms with van der Waals surface area (Å²) < 4.78 is 29.3. The third-order valence-corrected chi connectivity index (χ3v) is 9.55. The minimum absolute atomic E-state index is 0.277. The molecule has 0 spiro atoms. The molecule has 6 rings (SSSR count). The Balaban J connectivity index is 1.59. The summed E-state index contributed by atoms with van der Waals surface area (Å²) in [5.41, 5.74) is 11.9. The first-order chi connectivity index (χ1) is 20.7. The van der Waals surface area contributed by atoms with E-state index in [1.807, 2.05) is 72.8 Å². The van der Waals surface area contributed by atoms with Gasteiger partial charge in [0.25, 0.3) is 0 Å². The summed E-state index contributed by atoms with van der Waals surface area (Å²) in [6.07, 6.45) is 0. The Morgan fingerprint density at radius 2 is 0.581 bits per heavy atom. The van der Waals surface area contributed by atoms with Gasteiger partial charge in [-0.3, -0.25) is 0 Å². The Hall–Kier alpha value is -4.73. The third-order valence-electron chi connectivity index (χ3n) is 7.84. The van der Waals surface area contributed by atoms with Gasteiger partial charge in [0.15, 0.2) is 0 Å². The SMILES string of the molecule is Cc1cccc(-c2cc(-c3cccc(C)c3)cc(S(=O)(=O)c3cc(-c4cccc(C)c4)cc(-c4cccc(C)c4)c3)c2)c1. The molecule has 2 nitrogen and oxygen atoms in total. The lowest BCUT2D eigenvalue weighted by molar-refractivity contribution is 0.596. The number of hydrogen-bond donors (Lipinski definition) is 0. The van der Waals surface area contributed by atoms with Crippen LogP contribution in [0.15, 0.2) is 143 Å². The van der Waals surface area contributed by atoms with Gasteiger partial charge in [-0.05, 0) is 109 Å². The highest BCUT2D eigenvalue weighted by molar-refractivity contribution is 7.91. The number of rotatable bonds is 6. The van der Waals surface area contributed by atoms with Crippen LogP contribution in [0.2, 0.25) is 0 Å². The van der Waals surface area contributed by atoms with Crippen LogP contribution in [-0.2, 0) is 9.84 Å². The minimum Gasteiger partial charge on any atom is -0.219 e. The summed E-state index contributed by atoms with van der Waals surface area (Å²) in [7, 11) is -3.90. The highest BCUT2D eigenvalue weighted by Crippen LogP contribution is 2.36. The molecule has 0 heterocycles. The van der Waals surface area contributed by atoms with Crippen LogP contribution in [0.25, 0.3) is 44.5 Å². The van der Waals surface area contributed by atoms with Crippen molar-refractivity contribution in [2.24, 2.45) is 0 Å². The number of benzene rings is 6. The van der Waals surface area contributed by atoms with Crippen molar-refractivity contribution in [1.82, 2.24) is 0 Å². The van der Waals surface area contributed by atoms with Gasteiger partial charge in [-0.15, -0.1) is 0 Å². The summed E-state index contributed by atoms with van der Waals surface area (Å²) in [6, 6.07) is 44.2. The maximum Gasteiger partial charge on any atom is 0.206 e. The van der Waals surface area contributed by atoms with Crippen LogP contribution in [0.3, 0.4) is 0 Å². The first kappa shape index (κ1) is 28.4. The minimum atomic E-state index is -3.90. The molecule has 0 radical (unpaired) electrons. The molecule has 0 bridgehead atoms. The van der Waals surface area contributed by atoms with Crippen molar-refractivity contribution >= 4 is 9.84 Å². The van der Waals surface area contributed by atoms with Crippen molar-refractivity contribution in [1.29, 1.82) is 0 Å². The topological polar surface area (TPSA) is 34.1 Å². The molecule has 0 unspecified atom stereocenters. The van der Waals surface area contributed by atoms with Crippen LogP contribution >= 0.6 is 0 Å². The summed E-state index contributed by atoms with van der Waals surface area (Å²) in [5, 5.41) is 0.